The summed E-state index contributed by atoms with van der Waals surface area (Å²) in [7, 11) is 0. The Bertz CT molecular complexity index is 392. The quantitative estimate of drug-likeness (QED) is 0.847. The van der Waals surface area contributed by atoms with Crippen molar-refractivity contribution >= 4 is 0 Å². The lowest BCUT2D eigenvalue weighted by Crippen LogP contribution is -2.45. The van der Waals surface area contributed by atoms with Gasteiger partial charge in [0.1, 0.15) is 5.82 Å². The van der Waals surface area contributed by atoms with Crippen molar-refractivity contribution in [1.29, 1.82) is 0 Å². The fraction of sp³-hybridized carbons (Fsp3) is 0.571. The molecule has 0 amide bonds. The first-order valence-electron chi connectivity index (χ1n) is 6.23. The summed E-state index contributed by atoms with van der Waals surface area (Å²) in [6.07, 6.45) is 2.85. The molecule has 1 saturated carbocycles. The molecule has 94 valence electrons. The summed E-state index contributed by atoms with van der Waals surface area (Å²) in [4.78, 5) is 0. The largest absolute Gasteiger partial charge is 0.389 e. The first kappa shape index (κ1) is 12.5. The van der Waals surface area contributed by atoms with Crippen molar-refractivity contribution in [2.45, 2.75) is 50.8 Å². The van der Waals surface area contributed by atoms with E-state index in [1.807, 2.05) is 19.9 Å². The molecule has 3 heteroatoms. The van der Waals surface area contributed by atoms with E-state index in [0.29, 0.717) is 0 Å². The number of aliphatic hydroxyl groups is 1. The average Bonchev–Trinajstić information content (AvgIpc) is 2.58. The minimum absolute atomic E-state index is 0.0558. The maximum absolute atomic E-state index is 13.1. The number of halogens is 1. The van der Waals surface area contributed by atoms with Gasteiger partial charge < -0.3 is 10.4 Å². The van der Waals surface area contributed by atoms with Gasteiger partial charge in [0.25, 0.3) is 0 Å². The maximum atomic E-state index is 13.1. The Morgan fingerprint density at radius 1 is 1.53 bits per heavy atom. The van der Waals surface area contributed by atoms with E-state index in [2.05, 4.69) is 5.32 Å². The summed E-state index contributed by atoms with van der Waals surface area (Å²) in [5, 5.41) is 13.6. The SMILES string of the molecule is CC(NC1CCCC1(C)O)c1cccc(F)c1. The van der Waals surface area contributed by atoms with Crippen LogP contribution in [0.5, 0.6) is 0 Å². The summed E-state index contributed by atoms with van der Waals surface area (Å²) in [6.45, 7) is 3.87. The molecule has 0 spiro atoms. The van der Waals surface area contributed by atoms with E-state index >= 15 is 0 Å². The Labute approximate surface area is 102 Å². The number of nitrogens with one attached hydrogen (secondary N) is 1. The molecule has 2 rings (SSSR count). The third kappa shape index (κ3) is 2.85. The molecule has 2 N–H and O–H groups in total. The van der Waals surface area contributed by atoms with E-state index in [-0.39, 0.29) is 17.9 Å². The van der Waals surface area contributed by atoms with Gasteiger partial charge in [-0.3, -0.25) is 0 Å². The lowest BCUT2D eigenvalue weighted by molar-refractivity contribution is 0.0358. The van der Waals surface area contributed by atoms with Crippen LogP contribution in [-0.4, -0.2) is 16.7 Å². The van der Waals surface area contributed by atoms with Gasteiger partial charge in [-0.05, 0) is 50.8 Å². The fourth-order valence-electron chi connectivity index (χ4n) is 2.59. The summed E-state index contributed by atoms with van der Waals surface area (Å²) in [5.41, 5.74) is 0.286. The van der Waals surface area contributed by atoms with Gasteiger partial charge in [-0.2, -0.15) is 0 Å². The average molecular weight is 237 g/mol. The van der Waals surface area contributed by atoms with E-state index in [0.717, 1.165) is 24.8 Å². The van der Waals surface area contributed by atoms with Crippen LogP contribution in [0.25, 0.3) is 0 Å². The normalized spacial score (nSPS) is 30.5. The summed E-state index contributed by atoms with van der Waals surface area (Å²) in [5.74, 6) is -0.214. The first-order valence-corrected chi connectivity index (χ1v) is 6.23. The molecule has 0 aliphatic heterocycles. The van der Waals surface area contributed by atoms with Crippen LogP contribution >= 0.6 is 0 Å². The zero-order valence-corrected chi connectivity index (χ0v) is 10.4. The Morgan fingerprint density at radius 3 is 2.88 bits per heavy atom. The lowest BCUT2D eigenvalue weighted by Gasteiger charge is -2.29. The molecule has 1 aromatic rings. The second-order valence-corrected chi connectivity index (χ2v) is 5.25. The van der Waals surface area contributed by atoms with Crippen molar-refractivity contribution in [3.05, 3.63) is 35.6 Å². The van der Waals surface area contributed by atoms with Gasteiger partial charge in [-0.25, -0.2) is 4.39 Å². The highest BCUT2D eigenvalue weighted by Gasteiger charge is 2.37. The van der Waals surface area contributed by atoms with Crippen LogP contribution < -0.4 is 5.32 Å². The number of benzene rings is 1. The van der Waals surface area contributed by atoms with E-state index in [1.165, 1.54) is 6.07 Å². The van der Waals surface area contributed by atoms with Crippen LogP contribution in [0.1, 0.15) is 44.7 Å². The smallest absolute Gasteiger partial charge is 0.123 e. The second-order valence-electron chi connectivity index (χ2n) is 5.25. The third-order valence-electron chi connectivity index (χ3n) is 3.73. The lowest BCUT2D eigenvalue weighted by atomic mass is 9.98. The summed E-state index contributed by atoms with van der Waals surface area (Å²) in [6, 6.07) is 6.77. The summed E-state index contributed by atoms with van der Waals surface area (Å²) < 4.78 is 13.1. The van der Waals surface area contributed by atoms with Gasteiger partial charge in [0, 0.05) is 12.1 Å². The maximum Gasteiger partial charge on any atom is 0.123 e. The van der Waals surface area contributed by atoms with E-state index in [4.69, 9.17) is 0 Å². The fourth-order valence-corrected chi connectivity index (χ4v) is 2.59. The van der Waals surface area contributed by atoms with Crippen molar-refractivity contribution in [1.82, 2.24) is 5.32 Å². The van der Waals surface area contributed by atoms with Gasteiger partial charge >= 0.3 is 0 Å². The second kappa shape index (κ2) is 4.75. The van der Waals surface area contributed by atoms with Crippen LogP contribution in [-0.2, 0) is 0 Å². The molecule has 1 aromatic carbocycles. The van der Waals surface area contributed by atoms with Crippen LogP contribution in [0.3, 0.4) is 0 Å². The molecular weight excluding hydrogens is 217 g/mol. The molecule has 1 fully saturated rings. The standard InChI is InChI=1S/C14H20FNO/c1-10(11-5-3-6-12(15)9-11)16-13-7-4-8-14(13,2)17/h3,5-6,9-10,13,16-17H,4,7-8H2,1-2H3. The molecule has 1 aliphatic carbocycles. The molecule has 0 saturated heterocycles. The molecule has 3 unspecified atom stereocenters. The Morgan fingerprint density at radius 2 is 2.29 bits per heavy atom. The van der Waals surface area contributed by atoms with Gasteiger partial charge in [0.05, 0.1) is 5.60 Å². The topological polar surface area (TPSA) is 32.3 Å². The zero-order valence-electron chi connectivity index (χ0n) is 10.4. The molecular formula is C14H20FNO. The molecule has 0 heterocycles. The Hall–Kier alpha value is -0.930. The molecule has 3 atom stereocenters. The molecule has 0 aromatic heterocycles. The highest BCUT2D eigenvalue weighted by Crippen LogP contribution is 2.31. The minimum atomic E-state index is -0.637. The van der Waals surface area contributed by atoms with Crippen LogP contribution in [0.15, 0.2) is 24.3 Å². The first-order chi connectivity index (χ1) is 7.99. The van der Waals surface area contributed by atoms with Crippen LogP contribution in [0, 0.1) is 5.82 Å². The van der Waals surface area contributed by atoms with Crippen molar-refractivity contribution in [2.24, 2.45) is 0 Å². The molecule has 2 nitrogen and oxygen atoms in total. The van der Waals surface area contributed by atoms with E-state index in [1.54, 1.807) is 12.1 Å². The predicted octanol–water partition coefficient (Wildman–Crippen LogP) is 2.78. The van der Waals surface area contributed by atoms with Crippen LogP contribution in [0.2, 0.25) is 0 Å². The monoisotopic (exact) mass is 237 g/mol. The molecule has 17 heavy (non-hydrogen) atoms. The van der Waals surface area contributed by atoms with Gasteiger partial charge in [-0.15, -0.1) is 0 Å². The molecule has 0 radical (unpaired) electrons. The van der Waals surface area contributed by atoms with Crippen molar-refractivity contribution in [2.75, 3.05) is 0 Å². The van der Waals surface area contributed by atoms with Crippen LogP contribution in [0.4, 0.5) is 4.39 Å². The summed E-state index contributed by atoms with van der Waals surface area (Å²) >= 11 is 0. The zero-order chi connectivity index (χ0) is 12.5. The van der Waals surface area contributed by atoms with Crippen molar-refractivity contribution in [3.8, 4) is 0 Å². The van der Waals surface area contributed by atoms with Crippen molar-refractivity contribution < 1.29 is 9.50 Å². The third-order valence-corrected chi connectivity index (χ3v) is 3.73. The van der Waals surface area contributed by atoms with Gasteiger partial charge in [0.2, 0.25) is 0 Å². The van der Waals surface area contributed by atoms with E-state index in [9.17, 15) is 9.50 Å². The predicted molar refractivity (Wildman–Crippen MR) is 66.2 cm³/mol. The highest BCUT2D eigenvalue weighted by molar-refractivity contribution is 5.20. The number of rotatable bonds is 3. The number of hydrogen-bond donors (Lipinski definition) is 2. The molecule has 1 aliphatic rings. The Balaban J connectivity index is 2.04. The highest BCUT2D eigenvalue weighted by atomic mass is 19.1. The Kier molecular flexibility index (Phi) is 3.50. The number of hydrogen-bond acceptors (Lipinski definition) is 2. The minimum Gasteiger partial charge on any atom is -0.389 e. The van der Waals surface area contributed by atoms with Crippen molar-refractivity contribution in [3.63, 3.8) is 0 Å². The van der Waals surface area contributed by atoms with Gasteiger partial charge in [-0.1, -0.05) is 12.1 Å². The van der Waals surface area contributed by atoms with E-state index < -0.39 is 5.60 Å². The van der Waals surface area contributed by atoms with Gasteiger partial charge in [0.15, 0.2) is 0 Å². The molecule has 0 bridgehead atoms.